The largest absolute Gasteiger partial charge is 0.464 e. The summed E-state index contributed by atoms with van der Waals surface area (Å²) in [5, 5.41) is 44.4. The van der Waals surface area contributed by atoms with Crippen LogP contribution in [0.15, 0.2) is 18.2 Å². The topological polar surface area (TPSA) is 262 Å². The van der Waals surface area contributed by atoms with Crippen molar-refractivity contribution < 1.29 is 43.4 Å². The number of carbonyl (C=O) groups is 3. The molecule has 4 aliphatic carbocycles. The Balaban J connectivity index is 0.000000160. The fourth-order valence-electron chi connectivity index (χ4n) is 7.57. The summed E-state index contributed by atoms with van der Waals surface area (Å²) in [6.45, 7) is 0. The molecule has 0 amide bonds. The maximum absolute atomic E-state index is 12.3. The van der Waals surface area contributed by atoms with E-state index in [1.807, 2.05) is 0 Å². The summed E-state index contributed by atoms with van der Waals surface area (Å²) < 4.78 is 18.9. The van der Waals surface area contributed by atoms with E-state index in [0.29, 0.717) is 0 Å². The molecule has 0 N–H and O–H groups in total. The van der Waals surface area contributed by atoms with Crippen molar-refractivity contribution in [3.8, 4) is 0 Å². The Morgan fingerprint density at radius 1 is 0.564 bits per heavy atom. The summed E-state index contributed by atoms with van der Waals surface area (Å²) in [5.74, 6) is -2.44. The maximum Gasteiger partial charge on any atom is 0.390 e. The van der Waals surface area contributed by atoms with Crippen LogP contribution in [0.2, 0.25) is 0 Å². The molecule has 0 unspecified atom stereocenters. The van der Waals surface area contributed by atoms with Gasteiger partial charge in [-0.1, -0.05) is 30.8 Å². The molecule has 4 saturated carbocycles. The van der Waals surface area contributed by atoms with Crippen molar-refractivity contribution in [3.05, 3.63) is 65.6 Å². The number of rotatable bonds is 10. The number of nitrogens with zero attached hydrogens (tertiary/aromatic N) is 9. The molecule has 0 atom stereocenters. The van der Waals surface area contributed by atoms with Gasteiger partial charge < -0.3 is 44.6 Å². The lowest BCUT2D eigenvalue weighted by atomic mass is 10.2. The molecule has 3 heterocycles. The zero-order valence-corrected chi connectivity index (χ0v) is 30.8. The first kappa shape index (κ1) is 40.4. The number of nitro groups is 3. The second kappa shape index (κ2) is 18.5. The van der Waals surface area contributed by atoms with Crippen molar-refractivity contribution in [1.29, 1.82) is 0 Å². The number of carbonyl (C=O) groups excluding carboxylic acids is 3. The minimum atomic E-state index is -0.648. The highest BCUT2D eigenvalue weighted by atomic mass is 16.6. The lowest BCUT2D eigenvalue weighted by Crippen LogP contribution is -2.20. The van der Waals surface area contributed by atoms with Gasteiger partial charge >= 0.3 is 35.4 Å². The van der Waals surface area contributed by atoms with E-state index in [-0.39, 0.29) is 58.8 Å². The van der Waals surface area contributed by atoms with Crippen LogP contribution in [-0.2, 0) is 14.2 Å². The van der Waals surface area contributed by atoms with Crippen molar-refractivity contribution in [2.24, 2.45) is 0 Å². The zero-order valence-electron chi connectivity index (χ0n) is 30.8. The molecule has 3 aromatic heterocycles. The summed E-state index contributed by atoms with van der Waals surface area (Å²) in [6, 6.07) is 3.75. The molecule has 0 radical (unpaired) electrons. The van der Waals surface area contributed by atoms with Crippen LogP contribution in [0.3, 0.4) is 0 Å². The van der Waals surface area contributed by atoms with Crippen LogP contribution >= 0.6 is 0 Å². The van der Waals surface area contributed by atoms with Crippen molar-refractivity contribution in [1.82, 2.24) is 29.3 Å². The highest BCUT2D eigenvalue weighted by Crippen LogP contribution is 2.34. The second-order valence-electron chi connectivity index (χ2n) is 13.9. The van der Waals surface area contributed by atoms with E-state index < -0.39 is 32.7 Å². The van der Waals surface area contributed by atoms with Gasteiger partial charge in [0, 0.05) is 0 Å². The molecule has 21 heteroatoms. The van der Waals surface area contributed by atoms with E-state index in [4.69, 9.17) is 4.74 Å². The van der Waals surface area contributed by atoms with Gasteiger partial charge in [-0.25, -0.2) is 14.4 Å². The van der Waals surface area contributed by atoms with Crippen LogP contribution in [0.5, 0.6) is 0 Å². The molecule has 7 rings (SSSR count). The molecule has 0 aliphatic heterocycles. The number of esters is 3. The van der Waals surface area contributed by atoms with Gasteiger partial charge in [0.25, 0.3) is 0 Å². The Morgan fingerprint density at radius 3 is 1.36 bits per heavy atom. The van der Waals surface area contributed by atoms with Crippen molar-refractivity contribution in [3.63, 3.8) is 0 Å². The predicted octanol–water partition coefficient (Wildman–Crippen LogP) is 6.39. The van der Waals surface area contributed by atoms with Crippen LogP contribution in [0.4, 0.5) is 17.5 Å². The average Bonchev–Trinajstić information content (AvgIpc) is 4.03. The first-order valence-electron chi connectivity index (χ1n) is 18.5. The Labute approximate surface area is 314 Å². The second-order valence-corrected chi connectivity index (χ2v) is 13.9. The molecule has 0 bridgehead atoms. The molecule has 298 valence electrons. The highest BCUT2D eigenvalue weighted by molar-refractivity contribution is 5.89. The number of hydrogen-bond acceptors (Lipinski definition) is 15. The van der Waals surface area contributed by atoms with Crippen molar-refractivity contribution in [2.75, 3.05) is 14.2 Å². The minimum Gasteiger partial charge on any atom is -0.464 e. The van der Waals surface area contributed by atoms with Gasteiger partial charge in [-0.05, 0) is 91.8 Å². The fourth-order valence-corrected chi connectivity index (χ4v) is 7.57. The quantitative estimate of drug-likeness (QED) is 0.0935. The fraction of sp³-hybridized carbons (Fsp3) is 0.647. The number of methoxy groups -OCH3 is 2. The van der Waals surface area contributed by atoms with E-state index in [0.717, 1.165) is 103 Å². The third kappa shape index (κ3) is 9.87. The van der Waals surface area contributed by atoms with Crippen molar-refractivity contribution in [2.45, 2.75) is 127 Å². The van der Waals surface area contributed by atoms with Gasteiger partial charge in [-0.3, -0.25) is 0 Å². The third-order valence-corrected chi connectivity index (χ3v) is 10.3. The molecular formula is C34H45N9O12. The standard InChI is InChI=1S/C14H19N3O4.2C10H13N3O4/c18-14(21-11-7-3-4-8-11)12-9-13(17(19)20)15-16(12)10-5-1-2-6-10;1-17-10(14)8-6-9(13(15)16)11-12(8)7-4-2-3-5-7;1-17-10(14)8-6-9(13(15)16)12(11-8)7-4-2-3-5-7/h9-11H,1-8H2;2*6-7H,2-5H2,1H3. The summed E-state index contributed by atoms with van der Waals surface area (Å²) in [5.41, 5.74) is 0.373. The first-order chi connectivity index (χ1) is 26.4. The Bertz CT molecular complexity index is 1860. The van der Waals surface area contributed by atoms with Gasteiger partial charge in [0.2, 0.25) is 0 Å². The van der Waals surface area contributed by atoms with Gasteiger partial charge in [-0.15, -0.1) is 4.68 Å². The molecule has 4 aliphatic rings. The van der Waals surface area contributed by atoms with Gasteiger partial charge in [0.1, 0.15) is 12.1 Å². The van der Waals surface area contributed by atoms with Crippen LogP contribution in [0.25, 0.3) is 0 Å². The maximum atomic E-state index is 12.3. The van der Waals surface area contributed by atoms with Crippen LogP contribution in [0, 0.1) is 30.3 Å². The smallest absolute Gasteiger partial charge is 0.390 e. The van der Waals surface area contributed by atoms with Gasteiger partial charge in [-0.2, -0.15) is 9.36 Å². The Hall–Kier alpha value is -5.76. The summed E-state index contributed by atoms with van der Waals surface area (Å²) in [4.78, 5) is 65.9. The van der Waals surface area contributed by atoms with Crippen molar-refractivity contribution >= 4 is 35.4 Å². The van der Waals surface area contributed by atoms with Gasteiger partial charge in [0.15, 0.2) is 17.1 Å². The first-order valence-corrected chi connectivity index (χ1v) is 18.5. The highest BCUT2D eigenvalue weighted by Gasteiger charge is 2.34. The summed E-state index contributed by atoms with van der Waals surface area (Å²) in [7, 11) is 2.48. The van der Waals surface area contributed by atoms with Crippen LogP contribution in [0.1, 0.15) is 152 Å². The van der Waals surface area contributed by atoms with Crippen LogP contribution < -0.4 is 0 Å². The van der Waals surface area contributed by atoms with E-state index >= 15 is 0 Å². The molecule has 0 aromatic carbocycles. The monoisotopic (exact) mass is 771 g/mol. The van der Waals surface area contributed by atoms with Gasteiger partial charge in [0.05, 0.1) is 54.7 Å². The molecule has 55 heavy (non-hydrogen) atoms. The SMILES string of the molecule is COC(=O)c1cc([N+](=O)[O-])n(C2CCCC2)n1.COC(=O)c1cc([N+](=O)[O-])nn1C1CCCC1.O=C(OC1CCCC1)c1cc([N+](=O)[O-])nn1C1CCCC1. The third-order valence-electron chi connectivity index (χ3n) is 10.3. The number of aromatic nitrogens is 6. The molecule has 0 saturated heterocycles. The molecular weight excluding hydrogens is 726 g/mol. The van der Waals surface area contributed by atoms with E-state index in [1.165, 1.54) is 46.5 Å². The Kier molecular flexibility index (Phi) is 13.6. The average molecular weight is 772 g/mol. The Morgan fingerprint density at radius 2 is 0.964 bits per heavy atom. The summed E-state index contributed by atoms with van der Waals surface area (Å²) in [6.07, 6.45) is 15.5. The molecule has 3 aromatic rings. The normalized spacial score (nSPS) is 17.6. The lowest BCUT2D eigenvalue weighted by Gasteiger charge is -2.13. The summed E-state index contributed by atoms with van der Waals surface area (Å²) >= 11 is 0. The van der Waals surface area contributed by atoms with E-state index in [2.05, 4.69) is 24.8 Å². The van der Waals surface area contributed by atoms with E-state index in [1.54, 1.807) is 0 Å². The minimum absolute atomic E-state index is 0.00824. The zero-order chi connectivity index (χ0) is 39.6. The molecule has 0 spiro atoms. The number of hydrogen-bond donors (Lipinski definition) is 0. The molecule has 4 fully saturated rings. The number of ether oxygens (including phenoxy) is 3. The van der Waals surface area contributed by atoms with E-state index in [9.17, 15) is 44.7 Å². The predicted molar refractivity (Wildman–Crippen MR) is 190 cm³/mol. The molecule has 21 nitrogen and oxygen atoms in total. The van der Waals surface area contributed by atoms with Crippen LogP contribution in [-0.4, -0.2) is 82.3 Å². The lowest BCUT2D eigenvalue weighted by molar-refractivity contribution is -0.393.